The van der Waals surface area contributed by atoms with Crippen LogP contribution in [-0.2, 0) is 9.59 Å². The molecule has 0 radical (unpaired) electrons. The largest absolute Gasteiger partial charge is 0.497 e. The van der Waals surface area contributed by atoms with Crippen LogP contribution in [0.2, 0.25) is 5.02 Å². The van der Waals surface area contributed by atoms with Gasteiger partial charge >= 0.3 is 0 Å². The predicted molar refractivity (Wildman–Crippen MR) is 127 cm³/mol. The van der Waals surface area contributed by atoms with Crippen molar-refractivity contribution in [2.45, 2.75) is 0 Å². The fourth-order valence-electron chi connectivity index (χ4n) is 2.81. The van der Waals surface area contributed by atoms with E-state index in [1.54, 1.807) is 30.3 Å². The van der Waals surface area contributed by atoms with E-state index in [1.807, 2.05) is 6.07 Å². The summed E-state index contributed by atoms with van der Waals surface area (Å²) < 4.78 is 23.7. The van der Waals surface area contributed by atoms with Crippen LogP contribution < -0.4 is 20.1 Å². The second-order valence-corrected chi connectivity index (χ2v) is 7.31. The molecule has 0 spiro atoms. The Morgan fingerprint density at radius 3 is 2.32 bits per heavy atom. The molecule has 0 aromatic heterocycles. The molecule has 0 unspecified atom stereocenters. The SMILES string of the molecule is COc1ccc(NC(=O)/C(C#N)=C\c2cc(Cl)ccc2OCC(=O)Nc2ccc(F)cc2)cc1. The van der Waals surface area contributed by atoms with Gasteiger partial charge in [-0.2, -0.15) is 5.26 Å². The molecular weight excluding hydrogens is 461 g/mol. The molecule has 0 fully saturated rings. The third kappa shape index (κ3) is 6.82. The number of nitrogens with zero attached hydrogens (tertiary/aromatic N) is 1. The Balaban J connectivity index is 1.72. The van der Waals surface area contributed by atoms with Crippen molar-refractivity contribution < 1.29 is 23.5 Å². The molecule has 7 nitrogen and oxygen atoms in total. The second-order valence-electron chi connectivity index (χ2n) is 6.88. The molecule has 0 saturated carbocycles. The van der Waals surface area contributed by atoms with E-state index in [0.29, 0.717) is 27.7 Å². The Morgan fingerprint density at radius 2 is 1.68 bits per heavy atom. The highest BCUT2D eigenvalue weighted by Crippen LogP contribution is 2.26. The van der Waals surface area contributed by atoms with Gasteiger partial charge in [0.2, 0.25) is 0 Å². The summed E-state index contributed by atoms with van der Waals surface area (Å²) in [6, 6.07) is 18.3. The highest BCUT2D eigenvalue weighted by atomic mass is 35.5. The summed E-state index contributed by atoms with van der Waals surface area (Å²) in [5.41, 5.74) is 1.03. The molecule has 0 atom stereocenters. The number of carbonyl (C=O) groups excluding carboxylic acids is 2. The number of hydrogen-bond acceptors (Lipinski definition) is 5. The van der Waals surface area contributed by atoms with Crippen LogP contribution >= 0.6 is 11.6 Å². The van der Waals surface area contributed by atoms with Gasteiger partial charge in [-0.05, 0) is 72.8 Å². The fraction of sp³-hybridized carbons (Fsp3) is 0.0800. The molecule has 3 rings (SSSR count). The summed E-state index contributed by atoms with van der Waals surface area (Å²) in [5, 5.41) is 15.1. The number of nitriles is 1. The van der Waals surface area contributed by atoms with E-state index < -0.39 is 17.6 Å². The molecule has 0 aliphatic rings. The average molecular weight is 480 g/mol. The highest BCUT2D eigenvalue weighted by molar-refractivity contribution is 6.30. The number of benzene rings is 3. The Kier molecular flexibility index (Phi) is 8.21. The Labute approximate surface area is 200 Å². The minimum absolute atomic E-state index is 0.196. The number of carbonyl (C=O) groups is 2. The van der Waals surface area contributed by atoms with Gasteiger partial charge < -0.3 is 20.1 Å². The number of nitrogens with one attached hydrogen (secondary N) is 2. The number of rotatable bonds is 8. The van der Waals surface area contributed by atoms with Crippen molar-refractivity contribution in [2.75, 3.05) is 24.4 Å². The van der Waals surface area contributed by atoms with Crippen LogP contribution in [0.15, 0.2) is 72.3 Å². The molecule has 2 amide bonds. The second kappa shape index (κ2) is 11.5. The zero-order chi connectivity index (χ0) is 24.5. The zero-order valence-electron chi connectivity index (χ0n) is 18.0. The van der Waals surface area contributed by atoms with Gasteiger partial charge in [0.25, 0.3) is 11.8 Å². The normalized spacial score (nSPS) is 10.7. The maximum Gasteiger partial charge on any atom is 0.266 e. The van der Waals surface area contributed by atoms with Gasteiger partial charge in [-0.15, -0.1) is 0 Å². The highest BCUT2D eigenvalue weighted by Gasteiger charge is 2.13. The van der Waals surface area contributed by atoms with Gasteiger partial charge in [0, 0.05) is 22.0 Å². The van der Waals surface area contributed by atoms with Crippen LogP contribution in [-0.4, -0.2) is 25.5 Å². The van der Waals surface area contributed by atoms with E-state index in [0.717, 1.165) is 0 Å². The first-order valence-electron chi connectivity index (χ1n) is 9.93. The van der Waals surface area contributed by atoms with E-state index in [1.165, 1.54) is 49.6 Å². The van der Waals surface area contributed by atoms with Gasteiger partial charge in [-0.1, -0.05) is 11.6 Å². The van der Waals surface area contributed by atoms with Crippen molar-refractivity contribution in [2.24, 2.45) is 0 Å². The number of halogens is 2. The summed E-state index contributed by atoms with van der Waals surface area (Å²) in [4.78, 5) is 24.8. The molecule has 3 aromatic carbocycles. The summed E-state index contributed by atoms with van der Waals surface area (Å²) in [6.45, 7) is -0.361. The summed E-state index contributed by atoms with van der Waals surface area (Å²) >= 11 is 6.07. The van der Waals surface area contributed by atoms with Crippen LogP contribution in [0.3, 0.4) is 0 Å². The fourth-order valence-corrected chi connectivity index (χ4v) is 2.99. The molecule has 0 bridgehead atoms. The van der Waals surface area contributed by atoms with Crippen molar-refractivity contribution in [3.63, 3.8) is 0 Å². The maximum atomic E-state index is 13.0. The minimum Gasteiger partial charge on any atom is -0.497 e. The van der Waals surface area contributed by atoms with E-state index in [4.69, 9.17) is 21.1 Å². The van der Waals surface area contributed by atoms with E-state index >= 15 is 0 Å². The van der Waals surface area contributed by atoms with Crippen molar-refractivity contribution in [3.8, 4) is 17.6 Å². The van der Waals surface area contributed by atoms with E-state index in [9.17, 15) is 19.2 Å². The van der Waals surface area contributed by atoms with Crippen molar-refractivity contribution in [3.05, 3.63) is 88.7 Å². The lowest BCUT2D eigenvalue weighted by Gasteiger charge is -2.11. The molecule has 0 heterocycles. The lowest BCUT2D eigenvalue weighted by atomic mass is 10.1. The molecule has 172 valence electrons. The van der Waals surface area contributed by atoms with Gasteiger partial charge in [0.15, 0.2) is 6.61 Å². The third-order valence-electron chi connectivity index (χ3n) is 4.47. The quantitative estimate of drug-likeness (QED) is 0.348. The van der Waals surface area contributed by atoms with Crippen LogP contribution in [0, 0.1) is 17.1 Å². The maximum absolute atomic E-state index is 13.0. The van der Waals surface area contributed by atoms with Crippen molar-refractivity contribution >= 4 is 40.9 Å². The molecule has 0 aliphatic carbocycles. The van der Waals surface area contributed by atoms with Gasteiger partial charge in [-0.25, -0.2) is 4.39 Å². The number of ether oxygens (including phenoxy) is 2. The number of hydrogen-bond donors (Lipinski definition) is 2. The van der Waals surface area contributed by atoms with Gasteiger partial charge in [-0.3, -0.25) is 9.59 Å². The van der Waals surface area contributed by atoms with E-state index in [-0.39, 0.29) is 17.9 Å². The smallest absolute Gasteiger partial charge is 0.266 e. The zero-order valence-corrected chi connectivity index (χ0v) is 18.7. The standard InChI is InChI=1S/C25H19ClFN3O4/c1-33-22-9-7-21(8-10-22)30-25(32)17(14-28)12-16-13-18(26)2-11-23(16)34-15-24(31)29-20-5-3-19(27)4-6-20/h2-13H,15H2,1H3,(H,29,31)(H,30,32)/b17-12-. The van der Waals surface area contributed by atoms with Crippen LogP contribution in [0.1, 0.15) is 5.56 Å². The molecule has 9 heteroatoms. The number of methoxy groups -OCH3 is 1. The first-order chi connectivity index (χ1) is 16.4. The molecule has 2 N–H and O–H groups in total. The Hall–Kier alpha value is -4.35. The monoisotopic (exact) mass is 479 g/mol. The minimum atomic E-state index is -0.632. The van der Waals surface area contributed by atoms with E-state index in [2.05, 4.69) is 10.6 Å². The van der Waals surface area contributed by atoms with Gasteiger partial charge in [0.1, 0.15) is 29.0 Å². The van der Waals surface area contributed by atoms with Crippen molar-refractivity contribution in [1.82, 2.24) is 0 Å². The van der Waals surface area contributed by atoms with Crippen LogP contribution in [0.5, 0.6) is 11.5 Å². The average Bonchev–Trinajstić information content (AvgIpc) is 2.83. The Bertz CT molecular complexity index is 1250. The van der Waals surface area contributed by atoms with Crippen LogP contribution in [0.4, 0.5) is 15.8 Å². The number of amides is 2. The van der Waals surface area contributed by atoms with Crippen molar-refractivity contribution in [1.29, 1.82) is 5.26 Å². The summed E-state index contributed by atoms with van der Waals surface area (Å²) in [7, 11) is 1.53. The lowest BCUT2D eigenvalue weighted by Crippen LogP contribution is -2.20. The first-order valence-corrected chi connectivity index (χ1v) is 10.3. The molecule has 34 heavy (non-hydrogen) atoms. The summed E-state index contributed by atoms with van der Waals surface area (Å²) in [5.74, 6) is -0.667. The predicted octanol–water partition coefficient (Wildman–Crippen LogP) is 5.05. The van der Waals surface area contributed by atoms with Gasteiger partial charge in [0.05, 0.1) is 7.11 Å². The Morgan fingerprint density at radius 1 is 1.03 bits per heavy atom. The van der Waals surface area contributed by atoms with Crippen LogP contribution in [0.25, 0.3) is 6.08 Å². The molecular formula is C25H19ClFN3O4. The lowest BCUT2D eigenvalue weighted by molar-refractivity contribution is -0.118. The third-order valence-corrected chi connectivity index (χ3v) is 4.71. The summed E-state index contributed by atoms with van der Waals surface area (Å²) in [6.07, 6.45) is 1.32. The molecule has 0 aliphatic heterocycles. The first kappa shape index (κ1) is 24.3. The number of anilines is 2. The molecule has 3 aromatic rings. The topological polar surface area (TPSA) is 100 Å². The molecule has 0 saturated heterocycles.